The van der Waals surface area contributed by atoms with Gasteiger partial charge in [0, 0.05) is 4.90 Å². The number of nitrogens with two attached hydrogens (primary N) is 1. The van der Waals surface area contributed by atoms with Crippen LogP contribution in [-0.4, -0.2) is 0 Å². The van der Waals surface area contributed by atoms with E-state index in [9.17, 15) is 0 Å². The van der Waals surface area contributed by atoms with Crippen molar-refractivity contribution in [1.29, 1.82) is 0 Å². The quantitative estimate of drug-likeness (QED) is 0.759. The van der Waals surface area contributed by atoms with Crippen molar-refractivity contribution in [3.8, 4) is 0 Å². The second-order valence-electron chi connectivity index (χ2n) is 3.00. The lowest BCUT2D eigenvalue weighted by Crippen LogP contribution is -1.90. The molecule has 0 aliphatic heterocycles. The number of hydrogen-bond acceptors (Lipinski definition) is 2. The van der Waals surface area contributed by atoms with Crippen LogP contribution in [0.1, 0.15) is 45.6 Å². The molecule has 1 atom stereocenters. The van der Waals surface area contributed by atoms with E-state index in [-0.39, 0.29) is 0 Å². The van der Waals surface area contributed by atoms with E-state index >= 15 is 0 Å². The Bertz CT molecular complexity index is 231. The molecular weight excluding hydrogens is 190 g/mol. The van der Waals surface area contributed by atoms with Gasteiger partial charge in [-0.1, -0.05) is 39.8 Å². The Morgan fingerprint density at radius 1 is 1.21 bits per heavy atom. The van der Waals surface area contributed by atoms with E-state index in [1.807, 2.05) is 13.8 Å². The van der Waals surface area contributed by atoms with Crippen molar-refractivity contribution in [2.75, 3.05) is 0 Å². The molecule has 0 aromatic heterocycles. The predicted molar refractivity (Wildman–Crippen MR) is 66.5 cm³/mol. The summed E-state index contributed by atoms with van der Waals surface area (Å²) in [6.45, 7) is 8.45. The van der Waals surface area contributed by atoms with Gasteiger partial charge in [0.1, 0.15) is 0 Å². The van der Waals surface area contributed by atoms with Crippen molar-refractivity contribution < 1.29 is 0 Å². The van der Waals surface area contributed by atoms with Gasteiger partial charge in [0.05, 0.1) is 0 Å². The van der Waals surface area contributed by atoms with Gasteiger partial charge in [0.25, 0.3) is 0 Å². The van der Waals surface area contributed by atoms with Crippen LogP contribution in [-0.2, 0) is 0 Å². The Labute approximate surface area is 92.2 Å². The summed E-state index contributed by atoms with van der Waals surface area (Å²) >= 11 is 1.30. The van der Waals surface area contributed by atoms with Gasteiger partial charge in [0.2, 0.25) is 0 Å². The molecular formula is C12H21NS. The summed E-state index contributed by atoms with van der Waals surface area (Å²) in [6, 6.07) is 8.46. The molecule has 14 heavy (non-hydrogen) atoms. The number of benzene rings is 1. The van der Waals surface area contributed by atoms with Crippen LogP contribution in [0.15, 0.2) is 29.2 Å². The van der Waals surface area contributed by atoms with Gasteiger partial charge in [0.15, 0.2) is 0 Å². The zero-order valence-electron chi connectivity index (χ0n) is 9.58. The Morgan fingerprint density at radius 3 is 2.07 bits per heavy atom. The van der Waals surface area contributed by atoms with Gasteiger partial charge in [-0.05, 0) is 42.0 Å². The third-order valence-electron chi connectivity index (χ3n) is 2.20. The molecule has 2 N–H and O–H groups in total. The van der Waals surface area contributed by atoms with Crippen LogP contribution in [0, 0.1) is 0 Å². The average Bonchev–Trinajstić information content (AvgIpc) is 2.31. The molecule has 0 heterocycles. The van der Waals surface area contributed by atoms with E-state index < -0.39 is 0 Å². The Kier molecular flexibility index (Phi) is 7.63. The molecule has 80 valence electrons. The third kappa shape index (κ3) is 4.16. The lowest BCUT2D eigenvalue weighted by atomic mass is 9.99. The molecule has 0 bridgehead atoms. The molecule has 0 amide bonds. The Morgan fingerprint density at radius 2 is 1.71 bits per heavy atom. The van der Waals surface area contributed by atoms with Gasteiger partial charge < -0.3 is 0 Å². The zero-order valence-corrected chi connectivity index (χ0v) is 10.4. The van der Waals surface area contributed by atoms with E-state index in [4.69, 9.17) is 5.14 Å². The van der Waals surface area contributed by atoms with Crippen molar-refractivity contribution in [2.45, 2.75) is 44.9 Å². The molecule has 0 aliphatic carbocycles. The van der Waals surface area contributed by atoms with Crippen LogP contribution in [0.4, 0.5) is 0 Å². The summed E-state index contributed by atoms with van der Waals surface area (Å²) in [7, 11) is 0. The summed E-state index contributed by atoms with van der Waals surface area (Å²) in [6.07, 6.45) is 1.19. The lowest BCUT2D eigenvalue weighted by molar-refractivity contribution is 0.733. The van der Waals surface area contributed by atoms with Gasteiger partial charge in [-0.25, -0.2) is 0 Å². The summed E-state index contributed by atoms with van der Waals surface area (Å²) in [5.41, 5.74) is 1.40. The summed E-state index contributed by atoms with van der Waals surface area (Å²) in [5.74, 6) is 0.654. The highest BCUT2D eigenvalue weighted by Gasteiger charge is 2.01. The topological polar surface area (TPSA) is 26.0 Å². The van der Waals surface area contributed by atoms with E-state index in [1.165, 1.54) is 23.9 Å². The molecule has 2 heteroatoms. The monoisotopic (exact) mass is 211 g/mol. The van der Waals surface area contributed by atoms with Crippen molar-refractivity contribution >= 4 is 11.9 Å². The molecule has 1 unspecified atom stereocenters. The van der Waals surface area contributed by atoms with Crippen LogP contribution >= 0.6 is 11.9 Å². The molecule has 1 nitrogen and oxygen atoms in total. The van der Waals surface area contributed by atoms with Crippen LogP contribution in [0.25, 0.3) is 0 Å². The Hall–Kier alpha value is -0.470. The maximum Gasteiger partial charge on any atom is 0.0226 e. The molecule has 0 saturated heterocycles. The standard InChI is InChI=1S/C10H15NS.C2H6/c1-3-8(2)9-4-6-10(12-11)7-5-9;1-2/h4-8H,3,11H2,1-2H3;1-2H3. The highest BCUT2D eigenvalue weighted by Crippen LogP contribution is 2.20. The zero-order chi connectivity index (χ0) is 11.0. The van der Waals surface area contributed by atoms with E-state index in [1.54, 1.807) is 0 Å². The molecule has 0 fully saturated rings. The Balaban J connectivity index is 0.000000791. The van der Waals surface area contributed by atoms with Crippen LogP contribution in [0.3, 0.4) is 0 Å². The minimum atomic E-state index is 0.654. The first-order chi connectivity index (χ1) is 6.77. The summed E-state index contributed by atoms with van der Waals surface area (Å²) in [5, 5.41) is 5.43. The van der Waals surface area contributed by atoms with Gasteiger partial charge in [-0.2, -0.15) is 0 Å². The van der Waals surface area contributed by atoms with Crippen LogP contribution in [0.2, 0.25) is 0 Å². The van der Waals surface area contributed by atoms with E-state index in [0.29, 0.717) is 5.92 Å². The van der Waals surface area contributed by atoms with Crippen LogP contribution < -0.4 is 5.14 Å². The maximum atomic E-state index is 5.43. The third-order valence-corrected chi connectivity index (χ3v) is 2.74. The first-order valence-corrected chi connectivity index (χ1v) is 6.12. The molecule has 1 rings (SSSR count). The smallest absolute Gasteiger partial charge is 0.0226 e. The molecule has 1 aromatic rings. The second kappa shape index (κ2) is 7.89. The maximum absolute atomic E-state index is 5.43. The highest BCUT2D eigenvalue weighted by atomic mass is 32.2. The lowest BCUT2D eigenvalue weighted by Gasteiger charge is -2.08. The first kappa shape index (κ1) is 13.5. The fourth-order valence-electron chi connectivity index (χ4n) is 1.11. The fourth-order valence-corrected chi connectivity index (χ4v) is 1.40. The van der Waals surface area contributed by atoms with Crippen molar-refractivity contribution in [3.63, 3.8) is 0 Å². The van der Waals surface area contributed by atoms with Gasteiger partial charge in [-0.15, -0.1) is 0 Å². The van der Waals surface area contributed by atoms with Crippen molar-refractivity contribution in [2.24, 2.45) is 5.14 Å². The highest BCUT2D eigenvalue weighted by molar-refractivity contribution is 7.97. The van der Waals surface area contributed by atoms with Crippen molar-refractivity contribution in [3.05, 3.63) is 29.8 Å². The largest absolute Gasteiger partial charge is 0.274 e. The second-order valence-corrected chi connectivity index (χ2v) is 3.70. The number of hydrogen-bond donors (Lipinski definition) is 1. The SMILES string of the molecule is CC.CCC(C)c1ccc(SN)cc1. The van der Waals surface area contributed by atoms with Gasteiger partial charge in [-0.3, -0.25) is 5.14 Å². The number of rotatable bonds is 3. The molecule has 0 aliphatic rings. The normalized spacial score (nSPS) is 11.5. The minimum absolute atomic E-state index is 0.654. The first-order valence-electron chi connectivity index (χ1n) is 5.24. The van der Waals surface area contributed by atoms with Crippen LogP contribution in [0.5, 0.6) is 0 Å². The molecule has 0 radical (unpaired) electrons. The predicted octanol–water partition coefficient (Wildman–Crippen LogP) is 4.19. The summed E-state index contributed by atoms with van der Waals surface area (Å²) in [4.78, 5) is 1.13. The van der Waals surface area contributed by atoms with E-state index in [0.717, 1.165) is 4.90 Å². The van der Waals surface area contributed by atoms with E-state index in [2.05, 4.69) is 38.1 Å². The van der Waals surface area contributed by atoms with Crippen molar-refractivity contribution in [1.82, 2.24) is 0 Å². The summed E-state index contributed by atoms with van der Waals surface area (Å²) < 4.78 is 0. The average molecular weight is 211 g/mol. The molecule has 1 aromatic carbocycles. The molecule has 0 spiro atoms. The van der Waals surface area contributed by atoms with Gasteiger partial charge >= 0.3 is 0 Å². The fraction of sp³-hybridized carbons (Fsp3) is 0.500. The minimum Gasteiger partial charge on any atom is -0.274 e. The molecule has 0 saturated carbocycles.